The Morgan fingerprint density at radius 3 is 2.69 bits per heavy atom. The first-order chi connectivity index (χ1) is 12.7. The molecule has 3 rings (SSSR count). The highest BCUT2D eigenvalue weighted by Crippen LogP contribution is 2.16. The number of nitrogens with zero attached hydrogens (tertiary/aromatic N) is 3. The van der Waals surface area contributed by atoms with Crippen LogP contribution < -0.4 is 10.6 Å². The van der Waals surface area contributed by atoms with Crippen LogP contribution in [0.2, 0.25) is 0 Å². The molecule has 0 spiro atoms. The Bertz CT molecular complexity index is 646. The van der Waals surface area contributed by atoms with Crippen molar-refractivity contribution in [2.45, 2.75) is 6.04 Å². The van der Waals surface area contributed by atoms with E-state index in [2.05, 4.69) is 20.6 Å². The molecule has 1 atom stereocenters. The molecule has 2 amide bonds. The van der Waals surface area contributed by atoms with Gasteiger partial charge in [0.25, 0.3) is 0 Å². The number of amides is 2. The van der Waals surface area contributed by atoms with E-state index in [4.69, 9.17) is 9.15 Å². The maximum absolute atomic E-state index is 12.1. The monoisotopic (exact) mass is 361 g/mol. The smallest absolute Gasteiger partial charge is 0.309 e. The lowest BCUT2D eigenvalue weighted by atomic mass is 10.2. The zero-order chi connectivity index (χ0) is 18.2. The molecule has 0 saturated carbocycles. The zero-order valence-corrected chi connectivity index (χ0v) is 14.5. The Balaban J connectivity index is 1.45. The quantitative estimate of drug-likeness (QED) is 0.653. The highest BCUT2D eigenvalue weighted by Gasteiger charge is 2.20. The predicted molar refractivity (Wildman–Crippen MR) is 92.4 cm³/mol. The fraction of sp³-hybridized carbons (Fsp3) is 0.471. The number of rotatable bonds is 7. The van der Waals surface area contributed by atoms with Crippen molar-refractivity contribution in [3.05, 3.63) is 42.6 Å². The number of hydrogen-bond donors (Lipinski definition) is 2. The molecule has 9 heteroatoms. The topological polar surface area (TPSA) is 102 Å². The van der Waals surface area contributed by atoms with Gasteiger partial charge in [0.05, 0.1) is 19.5 Å². The maximum atomic E-state index is 12.1. The lowest BCUT2D eigenvalue weighted by molar-refractivity contribution is -0.139. The van der Waals surface area contributed by atoms with Crippen molar-refractivity contribution in [2.75, 3.05) is 45.9 Å². The van der Waals surface area contributed by atoms with Crippen molar-refractivity contribution >= 4 is 11.8 Å². The molecule has 1 fully saturated rings. The lowest BCUT2D eigenvalue weighted by Crippen LogP contribution is -2.46. The molecule has 0 bridgehead atoms. The Morgan fingerprint density at radius 1 is 1.19 bits per heavy atom. The minimum absolute atomic E-state index is 0.199. The van der Waals surface area contributed by atoms with Crippen molar-refractivity contribution in [3.8, 4) is 0 Å². The molecule has 140 valence electrons. The van der Waals surface area contributed by atoms with E-state index in [0.717, 1.165) is 13.1 Å². The SMILES string of the molecule is O=C(NCCN1CCOCC1)C(=O)NCC(c1ccco1)n1cccn1. The van der Waals surface area contributed by atoms with Gasteiger partial charge in [0, 0.05) is 45.1 Å². The molecular formula is C17H23N5O4. The normalized spacial score (nSPS) is 16.2. The molecular weight excluding hydrogens is 338 g/mol. The van der Waals surface area contributed by atoms with Gasteiger partial charge in [-0.25, -0.2) is 0 Å². The molecule has 0 aromatic carbocycles. The third-order valence-electron chi connectivity index (χ3n) is 4.20. The molecule has 1 aliphatic rings. The van der Waals surface area contributed by atoms with Crippen LogP contribution in [0.15, 0.2) is 41.3 Å². The van der Waals surface area contributed by atoms with E-state index in [1.807, 2.05) is 0 Å². The fourth-order valence-electron chi connectivity index (χ4n) is 2.77. The van der Waals surface area contributed by atoms with Gasteiger partial charge in [-0.05, 0) is 18.2 Å². The molecule has 2 aromatic rings. The number of furan rings is 1. The van der Waals surface area contributed by atoms with E-state index in [1.165, 1.54) is 0 Å². The van der Waals surface area contributed by atoms with E-state index in [0.29, 0.717) is 32.1 Å². The average Bonchev–Trinajstić information content (AvgIpc) is 3.37. The van der Waals surface area contributed by atoms with Gasteiger partial charge in [0.15, 0.2) is 0 Å². The second-order valence-electron chi connectivity index (χ2n) is 5.94. The van der Waals surface area contributed by atoms with E-state index in [9.17, 15) is 9.59 Å². The van der Waals surface area contributed by atoms with Gasteiger partial charge in [0.2, 0.25) is 0 Å². The summed E-state index contributed by atoms with van der Waals surface area (Å²) in [7, 11) is 0. The molecule has 26 heavy (non-hydrogen) atoms. The Hall–Kier alpha value is -2.65. The lowest BCUT2D eigenvalue weighted by Gasteiger charge is -2.26. The minimum Gasteiger partial charge on any atom is -0.467 e. The van der Waals surface area contributed by atoms with E-state index >= 15 is 0 Å². The number of carbonyl (C=O) groups is 2. The van der Waals surface area contributed by atoms with Crippen LogP contribution >= 0.6 is 0 Å². The van der Waals surface area contributed by atoms with Gasteiger partial charge in [-0.15, -0.1) is 0 Å². The molecule has 1 unspecified atom stereocenters. The summed E-state index contributed by atoms with van der Waals surface area (Å²) in [5.74, 6) is -0.658. The Morgan fingerprint density at radius 2 is 2.00 bits per heavy atom. The number of aromatic nitrogens is 2. The minimum atomic E-state index is -0.671. The van der Waals surface area contributed by atoms with Crippen LogP contribution in [0.1, 0.15) is 11.8 Å². The van der Waals surface area contributed by atoms with Crippen LogP contribution in [0.5, 0.6) is 0 Å². The van der Waals surface area contributed by atoms with E-state index in [-0.39, 0.29) is 12.6 Å². The summed E-state index contributed by atoms with van der Waals surface area (Å²) in [6.45, 7) is 4.42. The summed E-state index contributed by atoms with van der Waals surface area (Å²) in [5, 5.41) is 9.47. The Labute approximate surface area is 151 Å². The van der Waals surface area contributed by atoms with Crippen LogP contribution in [0, 0.1) is 0 Å². The second kappa shape index (κ2) is 9.16. The summed E-state index contributed by atoms with van der Waals surface area (Å²) in [6.07, 6.45) is 4.99. The van der Waals surface area contributed by atoms with Crippen molar-refractivity contribution < 1.29 is 18.7 Å². The van der Waals surface area contributed by atoms with E-state index < -0.39 is 11.8 Å². The third kappa shape index (κ3) is 4.93. The third-order valence-corrected chi connectivity index (χ3v) is 4.20. The first-order valence-corrected chi connectivity index (χ1v) is 8.62. The maximum Gasteiger partial charge on any atom is 0.309 e. The average molecular weight is 361 g/mol. The molecule has 0 radical (unpaired) electrons. The summed E-state index contributed by atoms with van der Waals surface area (Å²) in [6, 6.07) is 5.05. The molecule has 1 aliphatic heterocycles. The molecule has 3 heterocycles. The highest BCUT2D eigenvalue weighted by molar-refractivity contribution is 6.35. The summed E-state index contributed by atoms with van der Waals surface area (Å²) < 4.78 is 12.4. The van der Waals surface area contributed by atoms with Gasteiger partial charge in [-0.1, -0.05) is 0 Å². The second-order valence-corrected chi connectivity index (χ2v) is 5.94. The van der Waals surface area contributed by atoms with Gasteiger partial charge in [0.1, 0.15) is 11.8 Å². The van der Waals surface area contributed by atoms with Crippen LogP contribution in [0.25, 0.3) is 0 Å². The summed E-state index contributed by atoms with van der Waals surface area (Å²) in [5.41, 5.74) is 0. The number of morpholine rings is 1. The number of carbonyl (C=O) groups excluding carboxylic acids is 2. The van der Waals surface area contributed by atoms with Gasteiger partial charge in [-0.2, -0.15) is 5.10 Å². The molecule has 0 aliphatic carbocycles. The molecule has 2 N–H and O–H groups in total. The van der Waals surface area contributed by atoms with Crippen molar-refractivity contribution in [2.24, 2.45) is 0 Å². The predicted octanol–water partition coefficient (Wildman–Crippen LogP) is -0.370. The van der Waals surface area contributed by atoms with Crippen LogP contribution in [0.4, 0.5) is 0 Å². The molecule has 9 nitrogen and oxygen atoms in total. The van der Waals surface area contributed by atoms with Crippen molar-refractivity contribution in [1.29, 1.82) is 0 Å². The number of nitrogens with one attached hydrogen (secondary N) is 2. The van der Waals surface area contributed by atoms with Crippen molar-refractivity contribution in [3.63, 3.8) is 0 Å². The van der Waals surface area contributed by atoms with Gasteiger partial charge < -0.3 is 19.8 Å². The number of ether oxygens (including phenoxy) is 1. The first kappa shape index (κ1) is 18.2. The largest absolute Gasteiger partial charge is 0.467 e. The molecule has 2 aromatic heterocycles. The van der Waals surface area contributed by atoms with Gasteiger partial charge in [-0.3, -0.25) is 19.2 Å². The van der Waals surface area contributed by atoms with Crippen molar-refractivity contribution in [1.82, 2.24) is 25.3 Å². The van der Waals surface area contributed by atoms with Gasteiger partial charge >= 0.3 is 11.8 Å². The Kier molecular flexibility index (Phi) is 6.39. The highest BCUT2D eigenvalue weighted by atomic mass is 16.5. The fourth-order valence-corrected chi connectivity index (χ4v) is 2.77. The first-order valence-electron chi connectivity index (χ1n) is 8.62. The van der Waals surface area contributed by atoms with Crippen LogP contribution in [-0.2, 0) is 14.3 Å². The van der Waals surface area contributed by atoms with E-state index in [1.54, 1.807) is 41.5 Å². The zero-order valence-electron chi connectivity index (χ0n) is 14.5. The summed E-state index contributed by atoms with van der Waals surface area (Å²) in [4.78, 5) is 26.2. The molecule has 1 saturated heterocycles. The summed E-state index contributed by atoms with van der Waals surface area (Å²) >= 11 is 0. The van der Waals surface area contributed by atoms with Crippen LogP contribution in [-0.4, -0.2) is 72.4 Å². The standard InChI is InChI=1S/C17H23N5O4/c23-16(18-5-7-21-8-11-25-12-9-21)17(24)19-13-14(15-3-1-10-26-15)22-6-2-4-20-22/h1-4,6,10,14H,5,7-9,11-13H2,(H,18,23)(H,19,24). The van der Waals surface area contributed by atoms with Crippen LogP contribution in [0.3, 0.4) is 0 Å². The number of hydrogen-bond acceptors (Lipinski definition) is 6.